The van der Waals surface area contributed by atoms with E-state index < -0.39 is 0 Å². The molecule has 0 fully saturated rings. The van der Waals surface area contributed by atoms with Gasteiger partial charge in [0.25, 0.3) is 0 Å². The number of benzene rings is 2. The Morgan fingerprint density at radius 1 is 1.12 bits per heavy atom. The summed E-state index contributed by atoms with van der Waals surface area (Å²) in [6.07, 6.45) is 3.82. The number of esters is 1. The number of rotatable bonds is 7. The second kappa shape index (κ2) is 8.48. The van der Waals surface area contributed by atoms with Crippen molar-refractivity contribution in [3.63, 3.8) is 0 Å². The molecule has 0 amide bonds. The zero-order valence-corrected chi connectivity index (χ0v) is 14.3. The minimum absolute atomic E-state index is 0.225. The van der Waals surface area contributed by atoms with Gasteiger partial charge >= 0.3 is 5.97 Å². The fourth-order valence-corrected chi connectivity index (χ4v) is 3.08. The fourth-order valence-electron chi connectivity index (χ4n) is 2.21. The Kier molecular flexibility index (Phi) is 5.85. The van der Waals surface area contributed by atoms with Crippen molar-refractivity contribution >= 4 is 17.7 Å². The third kappa shape index (κ3) is 4.93. The minimum atomic E-state index is -0.292. The van der Waals surface area contributed by atoms with Crippen LogP contribution in [0.1, 0.15) is 12.0 Å². The van der Waals surface area contributed by atoms with Crippen molar-refractivity contribution < 1.29 is 13.9 Å². The van der Waals surface area contributed by atoms with Crippen LogP contribution in [-0.2, 0) is 16.1 Å². The van der Waals surface area contributed by atoms with Gasteiger partial charge in [0.2, 0.25) is 0 Å². The van der Waals surface area contributed by atoms with Gasteiger partial charge in [0, 0.05) is 23.0 Å². The van der Waals surface area contributed by atoms with E-state index in [9.17, 15) is 9.18 Å². The number of nitrogens with zero attached hydrogens (tertiary/aromatic N) is 2. The first-order valence-electron chi connectivity index (χ1n) is 7.84. The van der Waals surface area contributed by atoms with Crippen molar-refractivity contribution in [3.05, 3.63) is 78.4 Å². The monoisotopic (exact) mass is 356 g/mol. The summed E-state index contributed by atoms with van der Waals surface area (Å²) in [7, 11) is 0. The molecule has 25 heavy (non-hydrogen) atoms. The van der Waals surface area contributed by atoms with Gasteiger partial charge in [0.1, 0.15) is 12.4 Å². The lowest BCUT2D eigenvalue weighted by molar-refractivity contribution is -0.144. The lowest BCUT2D eigenvalue weighted by Crippen LogP contribution is -2.06. The summed E-state index contributed by atoms with van der Waals surface area (Å²) in [5.74, 6) is -0.0732. The highest BCUT2D eigenvalue weighted by molar-refractivity contribution is 7.99. The minimum Gasteiger partial charge on any atom is -0.461 e. The summed E-state index contributed by atoms with van der Waals surface area (Å²) in [5.41, 5.74) is 1.85. The van der Waals surface area contributed by atoms with Crippen LogP contribution in [0.4, 0.5) is 4.39 Å². The molecule has 0 aliphatic carbocycles. The number of carbonyl (C=O) groups excluding carboxylic acids is 1. The van der Waals surface area contributed by atoms with Crippen molar-refractivity contribution in [2.75, 3.05) is 5.75 Å². The summed E-state index contributed by atoms with van der Waals surface area (Å²) in [6, 6.07) is 16.0. The molecular formula is C19H17FN2O2S. The van der Waals surface area contributed by atoms with E-state index in [2.05, 4.69) is 5.10 Å². The second-order valence-corrected chi connectivity index (χ2v) is 6.44. The Morgan fingerprint density at radius 3 is 2.64 bits per heavy atom. The van der Waals surface area contributed by atoms with E-state index in [1.807, 2.05) is 36.5 Å². The SMILES string of the molecule is O=C(CCSc1ccccc1F)OCc1ccc(-n2cccn2)cc1. The summed E-state index contributed by atoms with van der Waals surface area (Å²) < 4.78 is 20.5. The molecule has 0 radical (unpaired) electrons. The first kappa shape index (κ1) is 17.2. The maximum Gasteiger partial charge on any atom is 0.306 e. The van der Waals surface area contributed by atoms with Gasteiger partial charge in [-0.25, -0.2) is 9.07 Å². The summed E-state index contributed by atoms with van der Waals surface area (Å²) in [4.78, 5) is 12.3. The Hall–Kier alpha value is -2.60. The molecule has 0 unspecified atom stereocenters. The maximum absolute atomic E-state index is 13.5. The topological polar surface area (TPSA) is 44.1 Å². The summed E-state index contributed by atoms with van der Waals surface area (Å²) in [5, 5.41) is 4.16. The lowest BCUT2D eigenvalue weighted by atomic mass is 10.2. The smallest absolute Gasteiger partial charge is 0.306 e. The molecule has 6 heteroatoms. The predicted octanol–water partition coefficient (Wildman–Crippen LogP) is 4.24. The van der Waals surface area contributed by atoms with Crippen molar-refractivity contribution in [2.45, 2.75) is 17.9 Å². The largest absolute Gasteiger partial charge is 0.461 e. The van der Waals surface area contributed by atoms with E-state index in [1.165, 1.54) is 17.8 Å². The van der Waals surface area contributed by atoms with E-state index in [-0.39, 0.29) is 24.8 Å². The predicted molar refractivity (Wildman–Crippen MR) is 95.1 cm³/mol. The number of hydrogen-bond donors (Lipinski definition) is 0. The molecular weight excluding hydrogens is 339 g/mol. The molecule has 0 saturated heterocycles. The van der Waals surface area contributed by atoms with Gasteiger partial charge in [-0.15, -0.1) is 11.8 Å². The molecule has 4 nitrogen and oxygen atoms in total. The molecule has 3 rings (SSSR count). The number of carbonyl (C=O) groups is 1. The molecule has 2 aromatic carbocycles. The number of thioether (sulfide) groups is 1. The fraction of sp³-hybridized carbons (Fsp3) is 0.158. The molecule has 1 heterocycles. The number of halogens is 1. The van der Waals surface area contributed by atoms with Gasteiger partial charge in [-0.2, -0.15) is 5.10 Å². The Bertz CT molecular complexity index is 820. The van der Waals surface area contributed by atoms with Crippen LogP contribution < -0.4 is 0 Å². The molecule has 1 aromatic heterocycles. The van der Waals surface area contributed by atoms with Crippen molar-refractivity contribution in [2.24, 2.45) is 0 Å². The van der Waals surface area contributed by atoms with Crippen LogP contribution in [0.3, 0.4) is 0 Å². The van der Waals surface area contributed by atoms with Crippen LogP contribution in [0.2, 0.25) is 0 Å². The summed E-state index contributed by atoms with van der Waals surface area (Å²) in [6.45, 7) is 0.225. The number of ether oxygens (including phenoxy) is 1. The molecule has 0 bridgehead atoms. The van der Waals surface area contributed by atoms with Gasteiger partial charge in [0.15, 0.2) is 0 Å². The van der Waals surface area contributed by atoms with Gasteiger partial charge < -0.3 is 4.74 Å². The normalized spacial score (nSPS) is 10.6. The average molecular weight is 356 g/mol. The zero-order valence-electron chi connectivity index (χ0n) is 13.5. The molecule has 0 aliphatic rings. The quantitative estimate of drug-likeness (QED) is 0.469. The third-order valence-corrected chi connectivity index (χ3v) is 4.56. The molecule has 3 aromatic rings. The highest BCUT2D eigenvalue weighted by Crippen LogP contribution is 2.22. The number of hydrogen-bond acceptors (Lipinski definition) is 4. The van der Waals surface area contributed by atoms with Crippen molar-refractivity contribution in [1.82, 2.24) is 9.78 Å². The Labute approximate surface area is 149 Å². The van der Waals surface area contributed by atoms with E-state index in [0.29, 0.717) is 10.6 Å². The van der Waals surface area contributed by atoms with Gasteiger partial charge in [-0.3, -0.25) is 4.79 Å². The van der Waals surface area contributed by atoms with Crippen LogP contribution in [-0.4, -0.2) is 21.5 Å². The van der Waals surface area contributed by atoms with E-state index in [0.717, 1.165) is 11.3 Å². The Morgan fingerprint density at radius 2 is 1.92 bits per heavy atom. The first-order valence-corrected chi connectivity index (χ1v) is 8.83. The Balaban J connectivity index is 1.42. The van der Waals surface area contributed by atoms with Crippen molar-refractivity contribution in [1.29, 1.82) is 0 Å². The van der Waals surface area contributed by atoms with Crippen LogP contribution >= 0.6 is 11.8 Å². The number of aromatic nitrogens is 2. The molecule has 0 aliphatic heterocycles. The van der Waals surface area contributed by atoms with E-state index in [1.54, 1.807) is 29.1 Å². The van der Waals surface area contributed by atoms with Crippen LogP contribution in [0.25, 0.3) is 5.69 Å². The highest BCUT2D eigenvalue weighted by Gasteiger charge is 2.06. The van der Waals surface area contributed by atoms with Crippen LogP contribution in [0.5, 0.6) is 0 Å². The van der Waals surface area contributed by atoms with Crippen molar-refractivity contribution in [3.8, 4) is 5.69 Å². The van der Waals surface area contributed by atoms with Gasteiger partial charge in [-0.05, 0) is 35.9 Å². The highest BCUT2D eigenvalue weighted by atomic mass is 32.2. The third-order valence-electron chi connectivity index (χ3n) is 3.51. The molecule has 0 atom stereocenters. The molecule has 0 spiro atoms. The standard InChI is InChI=1S/C19H17FN2O2S/c20-17-4-1-2-5-18(17)25-13-10-19(23)24-14-15-6-8-16(9-7-15)22-12-3-11-21-22/h1-9,11-12H,10,13-14H2. The van der Waals surface area contributed by atoms with Crippen LogP contribution in [0.15, 0.2) is 71.9 Å². The maximum atomic E-state index is 13.5. The van der Waals surface area contributed by atoms with E-state index in [4.69, 9.17) is 4.74 Å². The molecule has 128 valence electrons. The molecule has 0 saturated carbocycles. The first-order chi connectivity index (χ1) is 12.2. The zero-order chi connectivity index (χ0) is 17.5. The van der Waals surface area contributed by atoms with Gasteiger partial charge in [-0.1, -0.05) is 24.3 Å². The second-order valence-electron chi connectivity index (χ2n) is 5.31. The van der Waals surface area contributed by atoms with E-state index >= 15 is 0 Å². The summed E-state index contributed by atoms with van der Waals surface area (Å²) >= 11 is 1.31. The molecule has 0 N–H and O–H groups in total. The lowest BCUT2D eigenvalue weighted by Gasteiger charge is -2.07. The average Bonchev–Trinajstić information content (AvgIpc) is 3.17. The van der Waals surface area contributed by atoms with Crippen LogP contribution in [0, 0.1) is 5.82 Å². The van der Waals surface area contributed by atoms with Gasteiger partial charge in [0.05, 0.1) is 12.1 Å².